The van der Waals surface area contributed by atoms with Gasteiger partial charge in [0.05, 0.1) is 23.0 Å². The molecule has 4 rings (SSSR count). The van der Waals surface area contributed by atoms with Gasteiger partial charge in [-0.15, -0.1) is 0 Å². The molecule has 2 heterocycles. The van der Waals surface area contributed by atoms with Crippen LogP contribution in [0.1, 0.15) is 17.0 Å². The molecule has 4 aromatic rings. The number of fused-ring (bicyclic) bond motifs is 1. The van der Waals surface area contributed by atoms with Crippen LogP contribution in [-0.2, 0) is 13.1 Å². The number of halogens is 2. The molecule has 0 radical (unpaired) electrons. The van der Waals surface area contributed by atoms with Crippen molar-refractivity contribution in [3.63, 3.8) is 0 Å². The third-order valence-electron chi connectivity index (χ3n) is 4.24. The zero-order chi connectivity index (χ0) is 19.0. The third-order valence-corrected chi connectivity index (χ3v) is 4.80. The lowest BCUT2D eigenvalue weighted by molar-refractivity contribution is 0.313. The number of aromatic nitrogens is 3. The predicted octanol–water partition coefficient (Wildman–Crippen LogP) is 4.56. The molecule has 0 amide bonds. The fraction of sp³-hybridized carbons (Fsp3) is 0.211. The average molecular weight is 386 g/mol. The van der Waals surface area contributed by atoms with Crippen molar-refractivity contribution in [3.8, 4) is 11.5 Å². The Hall–Kier alpha value is -2.71. The number of nitrogens with zero attached hydrogens (tertiary/aromatic N) is 4. The smallest absolute Gasteiger partial charge is 0.229 e. The van der Waals surface area contributed by atoms with Crippen molar-refractivity contribution in [1.29, 1.82) is 0 Å². The first-order valence-electron chi connectivity index (χ1n) is 8.31. The van der Waals surface area contributed by atoms with E-state index in [-0.39, 0.29) is 11.5 Å². The summed E-state index contributed by atoms with van der Waals surface area (Å²) in [6.07, 6.45) is 0. The molecule has 27 heavy (non-hydrogen) atoms. The largest absolute Gasteiger partial charge is 0.441 e. The van der Waals surface area contributed by atoms with Gasteiger partial charge in [0.15, 0.2) is 0 Å². The van der Waals surface area contributed by atoms with Crippen LogP contribution in [0.2, 0.25) is 0 Å². The number of aryl methyl sites for hydroxylation is 1. The number of benzene rings is 2. The van der Waals surface area contributed by atoms with E-state index in [9.17, 15) is 8.78 Å². The zero-order valence-electron chi connectivity index (χ0n) is 14.7. The molecule has 8 heteroatoms. The van der Waals surface area contributed by atoms with E-state index in [0.717, 1.165) is 22.7 Å². The van der Waals surface area contributed by atoms with E-state index in [0.29, 0.717) is 24.5 Å². The molecule has 0 atom stereocenters. The van der Waals surface area contributed by atoms with Gasteiger partial charge >= 0.3 is 0 Å². The van der Waals surface area contributed by atoms with E-state index in [4.69, 9.17) is 4.42 Å². The third kappa shape index (κ3) is 3.72. The molecule has 0 saturated carbocycles. The van der Waals surface area contributed by atoms with Gasteiger partial charge in [0.25, 0.3) is 0 Å². The molecule has 2 aromatic heterocycles. The molecular weight excluding hydrogens is 370 g/mol. The Morgan fingerprint density at radius 3 is 2.67 bits per heavy atom. The summed E-state index contributed by atoms with van der Waals surface area (Å²) in [6, 6.07) is 9.34. The molecule has 0 spiro atoms. The Labute approximate surface area is 158 Å². The van der Waals surface area contributed by atoms with Crippen LogP contribution < -0.4 is 0 Å². The van der Waals surface area contributed by atoms with E-state index >= 15 is 0 Å². The van der Waals surface area contributed by atoms with Crippen LogP contribution in [0.15, 0.2) is 40.8 Å². The normalized spacial score (nSPS) is 11.6. The van der Waals surface area contributed by atoms with Crippen molar-refractivity contribution in [2.75, 3.05) is 7.05 Å². The van der Waals surface area contributed by atoms with Gasteiger partial charge in [0, 0.05) is 19.2 Å². The summed E-state index contributed by atoms with van der Waals surface area (Å²) in [6.45, 7) is 3.01. The van der Waals surface area contributed by atoms with Gasteiger partial charge in [0.1, 0.15) is 28.4 Å². The van der Waals surface area contributed by atoms with Gasteiger partial charge in [-0.25, -0.2) is 13.8 Å². The van der Waals surface area contributed by atoms with Gasteiger partial charge in [-0.1, -0.05) is 6.07 Å². The van der Waals surface area contributed by atoms with Crippen molar-refractivity contribution >= 4 is 22.8 Å². The van der Waals surface area contributed by atoms with Crippen LogP contribution in [0.25, 0.3) is 22.5 Å². The Morgan fingerprint density at radius 2 is 1.85 bits per heavy atom. The van der Waals surface area contributed by atoms with Gasteiger partial charge < -0.3 is 4.42 Å². The van der Waals surface area contributed by atoms with E-state index in [1.807, 2.05) is 25.2 Å². The lowest BCUT2D eigenvalue weighted by Crippen LogP contribution is -2.18. The van der Waals surface area contributed by atoms with Crippen LogP contribution >= 0.6 is 11.7 Å². The van der Waals surface area contributed by atoms with Gasteiger partial charge in [-0.3, -0.25) is 4.90 Å². The van der Waals surface area contributed by atoms with Crippen LogP contribution in [0.5, 0.6) is 0 Å². The topological polar surface area (TPSA) is 55.1 Å². The second-order valence-corrected chi connectivity index (χ2v) is 6.93. The Bertz CT molecular complexity index is 1110. The maximum atomic E-state index is 14.0. The van der Waals surface area contributed by atoms with E-state index in [1.165, 1.54) is 23.9 Å². The lowest BCUT2D eigenvalue weighted by atomic mass is 10.2. The van der Waals surface area contributed by atoms with Crippen molar-refractivity contribution in [2.24, 2.45) is 0 Å². The maximum Gasteiger partial charge on any atom is 0.229 e. The minimum Gasteiger partial charge on any atom is -0.441 e. The summed E-state index contributed by atoms with van der Waals surface area (Å²) >= 11 is 1.20. The van der Waals surface area contributed by atoms with Crippen molar-refractivity contribution in [1.82, 2.24) is 18.6 Å². The molecule has 0 saturated heterocycles. The molecule has 0 unspecified atom stereocenters. The molecule has 0 aliphatic heterocycles. The van der Waals surface area contributed by atoms with Gasteiger partial charge in [-0.05, 0) is 43.8 Å². The summed E-state index contributed by atoms with van der Waals surface area (Å²) < 4.78 is 41.1. The zero-order valence-corrected chi connectivity index (χ0v) is 15.6. The molecule has 0 aliphatic rings. The number of oxazole rings is 1. The fourth-order valence-corrected chi connectivity index (χ4v) is 3.42. The number of hydrogen-bond donors (Lipinski definition) is 0. The van der Waals surface area contributed by atoms with Crippen LogP contribution in [0.3, 0.4) is 0 Å². The Kier molecular flexibility index (Phi) is 4.67. The van der Waals surface area contributed by atoms with Crippen LogP contribution in [-0.4, -0.2) is 25.7 Å². The minimum absolute atomic E-state index is 0.148. The monoisotopic (exact) mass is 386 g/mol. The quantitative estimate of drug-likeness (QED) is 0.503. The van der Waals surface area contributed by atoms with Gasteiger partial charge in [-0.2, -0.15) is 8.75 Å². The number of hydrogen-bond acceptors (Lipinski definition) is 6. The first-order valence-corrected chi connectivity index (χ1v) is 9.04. The summed E-state index contributed by atoms with van der Waals surface area (Å²) in [5.74, 6) is -0.559. The molecule has 0 aliphatic carbocycles. The van der Waals surface area contributed by atoms with E-state index < -0.39 is 11.6 Å². The van der Waals surface area contributed by atoms with Crippen molar-refractivity contribution in [3.05, 3.63) is 65.1 Å². The Morgan fingerprint density at radius 1 is 1.04 bits per heavy atom. The summed E-state index contributed by atoms with van der Waals surface area (Å²) in [5, 5.41) is 0. The van der Waals surface area contributed by atoms with Gasteiger partial charge in [0.2, 0.25) is 5.89 Å². The summed E-state index contributed by atoms with van der Waals surface area (Å²) in [5.41, 5.74) is 3.76. The fourth-order valence-electron chi connectivity index (χ4n) is 2.90. The highest BCUT2D eigenvalue weighted by Gasteiger charge is 2.17. The highest BCUT2D eigenvalue weighted by molar-refractivity contribution is 7.00. The first-order chi connectivity index (χ1) is 13.0. The molecule has 0 bridgehead atoms. The number of rotatable bonds is 5. The summed E-state index contributed by atoms with van der Waals surface area (Å²) in [4.78, 5) is 6.48. The highest BCUT2D eigenvalue weighted by atomic mass is 32.1. The Balaban J connectivity index is 1.51. The average Bonchev–Trinajstić information content (AvgIpc) is 3.21. The van der Waals surface area contributed by atoms with Crippen LogP contribution in [0, 0.1) is 18.6 Å². The van der Waals surface area contributed by atoms with Crippen molar-refractivity contribution in [2.45, 2.75) is 20.0 Å². The highest BCUT2D eigenvalue weighted by Crippen LogP contribution is 2.26. The SMILES string of the molecule is Cc1oc(-c2ccc(F)cc2F)nc1CN(C)Cc1ccc2nsnc2c1. The summed E-state index contributed by atoms with van der Waals surface area (Å²) in [7, 11) is 1.97. The lowest BCUT2D eigenvalue weighted by Gasteiger charge is -2.15. The first kappa shape index (κ1) is 17.7. The molecule has 5 nitrogen and oxygen atoms in total. The van der Waals surface area contributed by atoms with E-state index in [1.54, 1.807) is 6.92 Å². The second kappa shape index (κ2) is 7.13. The standard InChI is InChI=1S/C19H16F2N4OS/c1-11-18(22-19(26-11)14-5-4-13(20)8-15(14)21)10-25(2)9-12-3-6-16-17(7-12)24-27-23-16/h3-8H,9-10H2,1-2H3. The molecule has 2 aromatic carbocycles. The maximum absolute atomic E-state index is 14.0. The van der Waals surface area contributed by atoms with E-state index in [2.05, 4.69) is 18.6 Å². The molecule has 0 fully saturated rings. The van der Waals surface area contributed by atoms with Crippen LogP contribution in [0.4, 0.5) is 8.78 Å². The predicted molar refractivity (Wildman–Crippen MR) is 99.2 cm³/mol. The molecule has 138 valence electrons. The van der Waals surface area contributed by atoms with Crippen molar-refractivity contribution < 1.29 is 13.2 Å². The molecule has 0 N–H and O–H groups in total. The second-order valence-electron chi connectivity index (χ2n) is 6.41. The minimum atomic E-state index is -0.693. The molecular formula is C19H16F2N4OS.